The lowest BCUT2D eigenvalue weighted by atomic mass is 9.79. The molecule has 4 rings (SSSR count). The van der Waals surface area contributed by atoms with E-state index in [4.69, 9.17) is 13.7 Å². The summed E-state index contributed by atoms with van der Waals surface area (Å²) in [6, 6.07) is 17.5. The maximum Gasteiger partial charge on any atom is 0.358 e. The summed E-state index contributed by atoms with van der Waals surface area (Å²) in [7, 11) is -5.61. The Morgan fingerprint density at radius 3 is 2.11 bits per heavy atom. The van der Waals surface area contributed by atoms with Crippen LogP contribution in [0.15, 0.2) is 84.8 Å². The minimum absolute atomic E-state index is 0.00731. The number of ether oxygens (including phenoxy) is 1. The average molecular weight is 540 g/mol. The first-order valence-corrected chi connectivity index (χ1v) is 17.5. The van der Waals surface area contributed by atoms with E-state index in [1.165, 1.54) is 11.0 Å². The Kier molecular flexibility index (Phi) is 7.65. The number of fused-ring (bicyclic) bond motifs is 1. The Labute approximate surface area is 219 Å². The summed E-state index contributed by atoms with van der Waals surface area (Å²) >= 11 is 0. The molecule has 2 aromatic rings. The topological polar surface area (TPSA) is 82.1 Å². The van der Waals surface area contributed by atoms with Crippen LogP contribution in [0.1, 0.15) is 13.8 Å². The predicted octanol–water partition coefficient (Wildman–Crippen LogP) is 4.59. The summed E-state index contributed by atoms with van der Waals surface area (Å²) < 4.78 is 32.7. The van der Waals surface area contributed by atoms with Gasteiger partial charge >= 0.3 is 13.3 Å². The predicted molar refractivity (Wildman–Crippen MR) is 146 cm³/mol. The number of esters is 1. The number of β-lactam (4-membered cyclic amide) rings is 1. The molecule has 7 nitrogen and oxygen atoms in total. The molecule has 196 valence electrons. The van der Waals surface area contributed by atoms with Crippen LogP contribution in [0.4, 0.5) is 0 Å². The third-order valence-electron chi connectivity index (χ3n) is 6.58. The van der Waals surface area contributed by atoms with E-state index < -0.39 is 33.5 Å². The monoisotopic (exact) mass is 539 g/mol. The molecule has 1 amide bonds. The van der Waals surface area contributed by atoms with Crippen LogP contribution in [0, 0.1) is 11.8 Å². The minimum atomic E-state index is -3.68. The molecule has 0 bridgehead atoms. The second-order valence-corrected chi connectivity index (χ2v) is 17.1. The molecule has 4 atom stereocenters. The molecular formula is C28H34NO6PSi. The van der Waals surface area contributed by atoms with Gasteiger partial charge in [0, 0.05) is 5.92 Å². The molecule has 2 aromatic carbocycles. The number of benzene rings is 2. The van der Waals surface area contributed by atoms with Crippen molar-refractivity contribution in [2.24, 2.45) is 11.8 Å². The van der Waals surface area contributed by atoms with Crippen molar-refractivity contribution in [3.05, 3.63) is 84.8 Å². The SMILES string of the molecule is C=CCOC(=O)C1=C(OP(=O)(c2ccccc2)c2ccccc2)[C@H](C)[C@H]2C(C(C)O[Si](C)(C)C)C(=O)N12. The van der Waals surface area contributed by atoms with E-state index >= 15 is 0 Å². The maximum absolute atomic E-state index is 14.7. The van der Waals surface area contributed by atoms with Crippen LogP contribution >= 0.6 is 7.37 Å². The fourth-order valence-corrected chi connectivity index (χ4v) is 8.52. The summed E-state index contributed by atoms with van der Waals surface area (Å²) in [6.07, 6.45) is 1.13. The normalized spacial score (nSPS) is 22.2. The number of carbonyl (C=O) groups is 2. The van der Waals surface area contributed by atoms with Gasteiger partial charge in [-0.05, 0) is 50.8 Å². The zero-order chi connectivity index (χ0) is 27.0. The van der Waals surface area contributed by atoms with Gasteiger partial charge in [0.1, 0.15) is 12.4 Å². The van der Waals surface area contributed by atoms with Gasteiger partial charge in [0.15, 0.2) is 14.0 Å². The van der Waals surface area contributed by atoms with Crippen molar-refractivity contribution in [1.82, 2.24) is 4.90 Å². The van der Waals surface area contributed by atoms with Gasteiger partial charge < -0.3 is 13.7 Å². The highest BCUT2D eigenvalue weighted by Crippen LogP contribution is 2.55. The molecule has 0 N–H and O–H groups in total. The van der Waals surface area contributed by atoms with Gasteiger partial charge in [0.2, 0.25) is 5.91 Å². The van der Waals surface area contributed by atoms with Crippen molar-refractivity contribution in [2.75, 3.05) is 6.61 Å². The highest BCUT2D eigenvalue weighted by molar-refractivity contribution is 7.74. The zero-order valence-electron chi connectivity index (χ0n) is 21.9. The van der Waals surface area contributed by atoms with Crippen LogP contribution in [0.2, 0.25) is 19.6 Å². The van der Waals surface area contributed by atoms with E-state index in [0.29, 0.717) is 10.6 Å². The number of hydrogen-bond acceptors (Lipinski definition) is 6. The lowest BCUT2D eigenvalue weighted by molar-refractivity contribution is -0.163. The van der Waals surface area contributed by atoms with E-state index in [0.717, 1.165) is 0 Å². The third kappa shape index (κ3) is 5.11. The lowest BCUT2D eigenvalue weighted by Gasteiger charge is -2.48. The summed E-state index contributed by atoms with van der Waals surface area (Å²) in [6.45, 7) is 13.6. The van der Waals surface area contributed by atoms with E-state index in [1.54, 1.807) is 48.5 Å². The van der Waals surface area contributed by atoms with Crippen molar-refractivity contribution in [1.29, 1.82) is 0 Å². The molecule has 0 aromatic heterocycles. The van der Waals surface area contributed by atoms with Crippen molar-refractivity contribution in [3.63, 3.8) is 0 Å². The Balaban J connectivity index is 1.79. The van der Waals surface area contributed by atoms with Crippen LogP contribution in [-0.4, -0.2) is 43.8 Å². The van der Waals surface area contributed by atoms with Gasteiger partial charge in [-0.3, -0.25) is 14.3 Å². The first kappa shape index (κ1) is 27.1. The largest absolute Gasteiger partial charge is 0.457 e. The molecular weight excluding hydrogens is 505 g/mol. The van der Waals surface area contributed by atoms with Gasteiger partial charge in [0.05, 0.1) is 28.7 Å². The van der Waals surface area contributed by atoms with Crippen molar-refractivity contribution in [3.8, 4) is 0 Å². The molecule has 0 aliphatic carbocycles. The molecule has 2 aliphatic heterocycles. The lowest BCUT2D eigenvalue weighted by Crippen LogP contribution is -2.64. The average Bonchev–Trinajstić information content (AvgIpc) is 3.10. The van der Waals surface area contributed by atoms with Gasteiger partial charge in [0.25, 0.3) is 0 Å². The fourth-order valence-electron chi connectivity index (χ4n) is 5.09. The molecule has 0 spiro atoms. The highest BCUT2D eigenvalue weighted by Gasteiger charge is 2.62. The molecule has 37 heavy (non-hydrogen) atoms. The Morgan fingerprint density at radius 1 is 1.08 bits per heavy atom. The van der Waals surface area contributed by atoms with E-state index in [1.807, 2.05) is 26.0 Å². The van der Waals surface area contributed by atoms with Gasteiger partial charge in [-0.15, -0.1) is 0 Å². The molecule has 1 fully saturated rings. The quantitative estimate of drug-likeness (QED) is 0.144. The van der Waals surface area contributed by atoms with Gasteiger partial charge in [-0.25, -0.2) is 4.79 Å². The maximum atomic E-state index is 14.7. The molecule has 1 saturated heterocycles. The van der Waals surface area contributed by atoms with Crippen LogP contribution in [0.3, 0.4) is 0 Å². The fraction of sp³-hybridized carbons (Fsp3) is 0.357. The minimum Gasteiger partial charge on any atom is -0.457 e. The number of nitrogens with zero attached hydrogens (tertiary/aromatic N) is 1. The second kappa shape index (κ2) is 10.4. The highest BCUT2D eigenvalue weighted by atomic mass is 31.2. The standard InChI is InChI=1S/C28H34NO6PSi/c1-7-18-33-28(31)25-26(19(2)24-23(27(30)29(24)25)20(3)35-37(4,5)6)34-36(32,21-14-10-8-11-15-21)22-16-12-9-13-17-22/h7-17,19-20,23-24H,1,18H2,2-6H3/t19-,20?,23?,24+/m1/s1. The molecule has 2 unspecified atom stereocenters. The number of hydrogen-bond donors (Lipinski definition) is 0. The first-order valence-electron chi connectivity index (χ1n) is 12.4. The number of rotatable bonds is 10. The number of amides is 1. The molecule has 2 heterocycles. The van der Waals surface area contributed by atoms with Crippen molar-refractivity contribution in [2.45, 2.75) is 45.6 Å². The van der Waals surface area contributed by atoms with Crippen molar-refractivity contribution < 1.29 is 27.8 Å². The summed E-state index contributed by atoms with van der Waals surface area (Å²) in [5, 5.41) is 0.986. The zero-order valence-corrected chi connectivity index (χ0v) is 23.8. The Bertz CT molecular complexity index is 1210. The molecule has 0 radical (unpaired) electrons. The van der Waals surface area contributed by atoms with E-state index in [9.17, 15) is 14.2 Å². The van der Waals surface area contributed by atoms with Crippen LogP contribution in [0.5, 0.6) is 0 Å². The molecule has 2 aliphatic rings. The molecule has 9 heteroatoms. The summed E-state index contributed by atoms with van der Waals surface area (Å²) in [4.78, 5) is 28.1. The van der Waals surface area contributed by atoms with Crippen LogP contribution in [0.25, 0.3) is 0 Å². The number of carbonyl (C=O) groups excluding carboxylic acids is 2. The summed E-state index contributed by atoms with van der Waals surface area (Å²) in [5.74, 6) is -1.57. The van der Waals surface area contributed by atoms with E-state index in [2.05, 4.69) is 26.2 Å². The van der Waals surface area contributed by atoms with Crippen molar-refractivity contribution >= 4 is 38.2 Å². The molecule has 0 saturated carbocycles. The second-order valence-electron chi connectivity index (χ2n) is 10.4. The first-order chi connectivity index (χ1) is 17.5. The van der Waals surface area contributed by atoms with E-state index in [-0.39, 0.29) is 36.1 Å². The van der Waals surface area contributed by atoms with Gasteiger partial charge in [-0.2, -0.15) is 0 Å². The smallest absolute Gasteiger partial charge is 0.358 e. The third-order valence-corrected chi connectivity index (χ3v) is 10.1. The summed E-state index contributed by atoms with van der Waals surface area (Å²) in [5.41, 5.74) is 0.00731. The van der Waals surface area contributed by atoms with Crippen LogP contribution in [-0.2, 0) is 27.8 Å². The van der Waals surface area contributed by atoms with Crippen LogP contribution < -0.4 is 10.6 Å². The Morgan fingerprint density at radius 2 is 1.62 bits per heavy atom. The Hall–Kier alpha value is -2.93. The van der Waals surface area contributed by atoms with Gasteiger partial charge in [-0.1, -0.05) is 56.0 Å².